The molecule has 8 nitrogen and oxygen atoms in total. The lowest BCUT2D eigenvalue weighted by molar-refractivity contribution is 0.465. The molecule has 0 atom stereocenters. The predicted molar refractivity (Wildman–Crippen MR) is 127 cm³/mol. The summed E-state index contributed by atoms with van der Waals surface area (Å²) in [5.41, 5.74) is 2.02. The first-order valence-corrected chi connectivity index (χ1v) is 12.8. The Morgan fingerprint density at radius 1 is 0.727 bits per heavy atom. The van der Waals surface area contributed by atoms with Crippen molar-refractivity contribution in [1.29, 1.82) is 0 Å². The van der Waals surface area contributed by atoms with Gasteiger partial charge < -0.3 is 5.11 Å². The number of phenolic OH excluding ortho intramolecular Hbond substituents is 1. The highest BCUT2D eigenvalue weighted by atomic mass is 32.2. The summed E-state index contributed by atoms with van der Waals surface area (Å²) in [6.07, 6.45) is 2.62. The number of aromatic hydroxyl groups is 1. The summed E-state index contributed by atoms with van der Waals surface area (Å²) in [6, 6.07) is 15.8. The Morgan fingerprint density at radius 2 is 1.24 bits per heavy atom. The van der Waals surface area contributed by atoms with Gasteiger partial charge in [-0.1, -0.05) is 36.4 Å². The SMILES string of the molecule is Cc1ccccc1NS(=O)(=O)c1cc(S(=O)(=O)Nc2ccccc2C)c2cnccc2c1O. The van der Waals surface area contributed by atoms with E-state index in [2.05, 4.69) is 14.4 Å². The molecular formula is C23H21N3O5S2. The van der Waals surface area contributed by atoms with Crippen molar-refractivity contribution in [2.24, 2.45) is 0 Å². The van der Waals surface area contributed by atoms with Crippen LogP contribution in [0.2, 0.25) is 0 Å². The van der Waals surface area contributed by atoms with Crippen LogP contribution in [0.1, 0.15) is 11.1 Å². The minimum atomic E-state index is -4.33. The molecule has 0 bridgehead atoms. The summed E-state index contributed by atoms with van der Waals surface area (Å²) in [4.78, 5) is 3.07. The van der Waals surface area contributed by atoms with Crippen LogP contribution in [0.25, 0.3) is 10.8 Å². The second-order valence-electron chi connectivity index (χ2n) is 7.48. The summed E-state index contributed by atoms with van der Waals surface area (Å²) in [7, 11) is -8.57. The van der Waals surface area contributed by atoms with Crippen LogP contribution < -0.4 is 9.44 Å². The number of hydrogen-bond donors (Lipinski definition) is 3. The summed E-state index contributed by atoms with van der Waals surface area (Å²) in [5.74, 6) is -0.566. The van der Waals surface area contributed by atoms with Crippen LogP contribution in [0.5, 0.6) is 5.75 Å². The molecule has 3 aromatic carbocycles. The Balaban J connectivity index is 1.91. The first kappa shape index (κ1) is 22.6. The van der Waals surface area contributed by atoms with Gasteiger partial charge in [0, 0.05) is 23.2 Å². The van der Waals surface area contributed by atoms with E-state index >= 15 is 0 Å². The van der Waals surface area contributed by atoms with Crippen LogP contribution in [0.3, 0.4) is 0 Å². The smallest absolute Gasteiger partial charge is 0.265 e. The van der Waals surface area contributed by atoms with Gasteiger partial charge in [-0.15, -0.1) is 0 Å². The van der Waals surface area contributed by atoms with Gasteiger partial charge in [-0.2, -0.15) is 0 Å². The molecule has 1 heterocycles. The van der Waals surface area contributed by atoms with Crippen molar-refractivity contribution in [3.8, 4) is 5.75 Å². The highest BCUT2D eigenvalue weighted by Gasteiger charge is 2.28. The van der Waals surface area contributed by atoms with Gasteiger partial charge in [-0.25, -0.2) is 16.8 Å². The van der Waals surface area contributed by atoms with E-state index in [0.29, 0.717) is 22.5 Å². The monoisotopic (exact) mass is 483 g/mol. The molecule has 0 aliphatic carbocycles. The molecule has 0 fully saturated rings. The number of aryl methyl sites for hydroxylation is 2. The molecule has 170 valence electrons. The van der Waals surface area contributed by atoms with Crippen LogP contribution in [0, 0.1) is 13.8 Å². The Hall–Kier alpha value is -3.63. The molecule has 0 saturated carbocycles. The average molecular weight is 484 g/mol. The predicted octanol–water partition coefficient (Wildman–Crippen LogP) is 4.16. The molecule has 4 aromatic rings. The topological polar surface area (TPSA) is 125 Å². The maximum Gasteiger partial charge on any atom is 0.265 e. The van der Waals surface area contributed by atoms with Crippen LogP contribution in [-0.2, 0) is 20.0 Å². The fourth-order valence-corrected chi connectivity index (χ4v) is 6.09. The minimum Gasteiger partial charge on any atom is -0.506 e. The third-order valence-electron chi connectivity index (χ3n) is 5.20. The number of nitrogens with one attached hydrogen (secondary N) is 2. The number of para-hydroxylation sites is 2. The van der Waals surface area contributed by atoms with Gasteiger partial charge in [0.25, 0.3) is 20.0 Å². The van der Waals surface area contributed by atoms with E-state index in [1.54, 1.807) is 62.4 Å². The first-order chi connectivity index (χ1) is 15.6. The van der Waals surface area contributed by atoms with Crippen molar-refractivity contribution >= 4 is 42.2 Å². The lowest BCUT2D eigenvalue weighted by Crippen LogP contribution is -2.18. The number of aromatic nitrogens is 1. The van der Waals surface area contributed by atoms with E-state index in [9.17, 15) is 21.9 Å². The van der Waals surface area contributed by atoms with Crippen molar-refractivity contribution in [2.75, 3.05) is 9.44 Å². The number of hydrogen-bond acceptors (Lipinski definition) is 6. The van der Waals surface area contributed by atoms with Crippen LogP contribution >= 0.6 is 0 Å². The maximum atomic E-state index is 13.3. The molecule has 0 saturated heterocycles. The zero-order chi connectivity index (χ0) is 23.8. The summed E-state index contributed by atoms with van der Waals surface area (Å²) >= 11 is 0. The highest BCUT2D eigenvalue weighted by Crippen LogP contribution is 2.37. The van der Waals surface area contributed by atoms with Crippen molar-refractivity contribution < 1.29 is 21.9 Å². The molecule has 1 aromatic heterocycles. The van der Waals surface area contributed by atoms with E-state index < -0.39 is 30.7 Å². The van der Waals surface area contributed by atoms with E-state index in [-0.39, 0.29) is 15.7 Å². The Kier molecular flexibility index (Phi) is 5.73. The second-order valence-corrected chi connectivity index (χ2v) is 10.8. The standard InChI is InChI=1S/C23H21N3O5S2/c1-15-7-3-5-9-19(15)25-32(28,29)21-13-22(23(27)17-11-12-24-14-18(17)21)33(30,31)26-20-10-6-4-8-16(20)2/h3-14,25-27H,1-2H3. The van der Waals surface area contributed by atoms with Gasteiger partial charge in [0.2, 0.25) is 0 Å². The normalized spacial score (nSPS) is 11.9. The molecule has 10 heteroatoms. The summed E-state index contributed by atoms with van der Waals surface area (Å²) < 4.78 is 58.0. The summed E-state index contributed by atoms with van der Waals surface area (Å²) in [5, 5.41) is 10.9. The van der Waals surface area contributed by atoms with Gasteiger partial charge >= 0.3 is 0 Å². The zero-order valence-corrected chi connectivity index (χ0v) is 19.4. The number of nitrogens with zero attached hydrogens (tertiary/aromatic N) is 1. The molecule has 0 amide bonds. The largest absolute Gasteiger partial charge is 0.506 e. The highest BCUT2D eigenvalue weighted by molar-refractivity contribution is 7.93. The van der Waals surface area contributed by atoms with E-state index in [0.717, 1.165) is 6.07 Å². The Morgan fingerprint density at radius 3 is 1.79 bits per heavy atom. The molecule has 33 heavy (non-hydrogen) atoms. The molecule has 0 radical (unpaired) electrons. The van der Waals surface area contributed by atoms with Crippen molar-refractivity contribution in [3.05, 3.63) is 84.2 Å². The van der Waals surface area contributed by atoms with E-state index in [4.69, 9.17) is 0 Å². The van der Waals surface area contributed by atoms with Gasteiger partial charge in [0.1, 0.15) is 10.6 Å². The number of pyridine rings is 1. The molecule has 4 rings (SSSR count). The van der Waals surface area contributed by atoms with Gasteiger partial charge in [-0.05, 0) is 49.2 Å². The number of rotatable bonds is 6. The van der Waals surface area contributed by atoms with Gasteiger partial charge in [0.05, 0.1) is 16.3 Å². The Labute approximate surface area is 192 Å². The van der Waals surface area contributed by atoms with Crippen molar-refractivity contribution in [1.82, 2.24) is 4.98 Å². The third-order valence-corrected chi connectivity index (χ3v) is 7.98. The zero-order valence-electron chi connectivity index (χ0n) is 17.8. The number of benzene rings is 3. The molecular weight excluding hydrogens is 462 g/mol. The second kappa shape index (κ2) is 8.38. The number of fused-ring (bicyclic) bond motifs is 1. The molecule has 3 N–H and O–H groups in total. The van der Waals surface area contributed by atoms with Crippen LogP contribution in [0.4, 0.5) is 11.4 Å². The Bertz CT molecular complexity index is 1580. The van der Waals surface area contributed by atoms with Crippen molar-refractivity contribution in [2.45, 2.75) is 23.6 Å². The lowest BCUT2D eigenvalue weighted by Gasteiger charge is -2.16. The number of phenols is 1. The number of anilines is 2. The van der Waals surface area contributed by atoms with Crippen molar-refractivity contribution in [3.63, 3.8) is 0 Å². The van der Waals surface area contributed by atoms with Gasteiger partial charge in [0.15, 0.2) is 0 Å². The van der Waals surface area contributed by atoms with E-state index in [1.165, 1.54) is 18.5 Å². The van der Waals surface area contributed by atoms with Crippen LogP contribution in [-0.4, -0.2) is 26.9 Å². The average Bonchev–Trinajstić information content (AvgIpc) is 2.77. The van der Waals surface area contributed by atoms with Crippen LogP contribution in [0.15, 0.2) is 82.8 Å². The maximum absolute atomic E-state index is 13.3. The fraction of sp³-hybridized carbons (Fsp3) is 0.0870. The lowest BCUT2D eigenvalue weighted by atomic mass is 10.1. The summed E-state index contributed by atoms with van der Waals surface area (Å²) in [6.45, 7) is 3.47. The fourth-order valence-electron chi connectivity index (χ4n) is 3.40. The quantitative estimate of drug-likeness (QED) is 0.378. The first-order valence-electron chi connectivity index (χ1n) is 9.87. The molecule has 0 unspecified atom stereocenters. The molecule has 0 spiro atoms. The van der Waals surface area contributed by atoms with Gasteiger partial charge in [-0.3, -0.25) is 14.4 Å². The minimum absolute atomic E-state index is 0.0443. The molecule has 0 aliphatic heterocycles. The number of sulfonamides is 2. The third kappa shape index (κ3) is 4.35. The molecule has 0 aliphatic rings. The van der Waals surface area contributed by atoms with E-state index in [1.807, 2.05) is 0 Å².